The summed E-state index contributed by atoms with van der Waals surface area (Å²) in [6.45, 7) is 3.72. The molecule has 4 N–H and O–H groups in total. The van der Waals surface area contributed by atoms with Gasteiger partial charge in [0.2, 0.25) is 0 Å². The number of likely N-dealkylation sites (N-methyl/N-ethyl adjacent to an activating group) is 1. The summed E-state index contributed by atoms with van der Waals surface area (Å²) in [5.74, 6) is 1.18. The molecule has 1 heterocycles. The Morgan fingerprint density at radius 2 is 2.09 bits per heavy atom. The predicted molar refractivity (Wildman–Crippen MR) is 90.2 cm³/mol. The maximum absolute atomic E-state index is 9.12. The second kappa shape index (κ2) is 7.82. The average Bonchev–Trinajstić information content (AvgIpc) is 2.53. The number of halogens is 1. The summed E-state index contributed by atoms with van der Waals surface area (Å²) in [6, 6.07) is 7.60. The summed E-state index contributed by atoms with van der Waals surface area (Å²) < 4.78 is 0. The molecule has 0 saturated heterocycles. The summed E-state index contributed by atoms with van der Waals surface area (Å²) in [4.78, 5) is 10.3. The van der Waals surface area contributed by atoms with Crippen LogP contribution in [0.3, 0.4) is 0 Å². The molecule has 0 unspecified atom stereocenters. The number of aliphatic hydroxyl groups is 1. The van der Waals surface area contributed by atoms with Crippen molar-refractivity contribution in [3.63, 3.8) is 0 Å². The molecule has 0 fully saturated rings. The zero-order chi connectivity index (χ0) is 15.9. The largest absolute Gasteiger partial charge is 0.395 e. The number of nitrogens with zero attached hydrogens (tertiary/aromatic N) is 3. The lowest BCUT2D eigenvalue weighted by Crippen LogP contribution is -2.28. The third-order valence-corrected chi connectivity index (χ3v) is 3.69. The molecule has 0 aliphatic rings. The van der Waals surface area contributed by atoms with Crippen LogP contribution in [0.2, 0.25) is 5.02 Å². The second-order valence-corrected chi connectivity index (χ2v) is 5.11. The van der Waals surface area contributed by atoms with Gasteiger partial charge in [0.25, 0.3) is 0 Å². The van der Waals surface area contributed by atoms with Gasteiger partial charge in [0.05, 0.1) is 6.61 Å². The van der Waals surface area contributed by atoms with E-state index in [1.165, 1.54) is 6.33 Å². The number of nitrogen functional groups attached to an aromatic ring is 1. The van der Waals surface area contributed by atoms with Crippen molar-refractivity contribution < 1.29 is 5.11 Å². The Labute approximate surface area is 134 Å². The SMILES string of the molecule is CCN(CCO)c1ncnc(NCc2ccccc2Cl)c1N. The molecule has 0 atom stereocenters. The molecule has 1 aromatic carbocycles. The quantitative estimate of drug-likeness (QED) is 0.724. The smallest absolute Gasteiger partial charge is 0.157 e. The first-order valence-corrected chi connectivity index (χ1v) is 7.48. The molecule has 0 aliphatic carbocycles. The van der Waals surface area contributed by atoms with E-state index in [2.05, 4.69) is 15.3 Å². The maximum Gasteiger partial charge on any atom is 0.157 e. The van der Waals surface area contributed by atoms with Crippen molar-refractivity contribution in [2.45, 2.75) is 13.5 Å². The van der Waals surface area contributed by atoms with Crippen LogP contribution < -0.4 is 16.0 Å². The van der Waals surface area contributed by atoms with E-state index in [0.29, 0.717) is 42.0 Å². The van der Waals surface area contributed by atoms with Crippen LogP contribution in [0.1, 0.15) is 12.5 Å². The van der Waals surface area contributed by atoms with Gasteiger partial charge in [-0.25, -0.2) is 9.97 Å². The normalized spacial score (nSPS) is 10.5. The van der Waals surface area contributed by atoms with Gasteiger partial charge in [0.1, 0.15) is 12.0 Å². The molecule has 2 aromatic rings. The van der Waals surface area contributed by atoms with Gasteiger partial charge >= 0.3 is 0 Å². The van der Waals surface area contributed by atoms with Crippen molar-refractivity contribution in [1.82, 2.24) is 9.97 Å². The maximum atomic E-state index is 9.12. The van der Waals surface area contributed by atoms with Gasteiger partial charge in [0, 0.05) is 24.7 Å². The number of hydrogen-bond donors (Lipinski definition) is 3. The molecule has 0 amide bonds. The first kappa shape index (κ1) is 16.3. The highest BCUT2D eigenvalue weighted by Gasteiger charge is 2.13. The Balaban J connectivity index is 2.17. The van der Waals surface area contributed by atoms with Crippen LogP contribution in [0.25, 0.3) is 0 Å². The lowest BCUT2D eigenvalue weighted by molar-refractivity contribution is 0.302. The van der Waals surface area contributed by atoms with Crippen molar-refractivity contribution in [3.8, 4) is 0 Å². The number of nitrogens with two attached hydrogens (primary N) is 1. The Kier molecular flexibility index (Phi) is 5.80. The number of anilines is 3. The zero-order valence-corrected chi connectivity index (χ0v) is 13.2. The van der Waals surface area contributed by atoms with E-state index in [1.807, 2.05) is 36.1 Å². The van der Waals surface area contributed by atoms with E-state index in [4.69, 9.17) is 22.4 Å². The van der Waals surface area contributed by atoms with Crippen LogP contribution in [-0.4, -0.2) is 34.8 Å². The standard InChI is InChI=1S/C15H20ClN5O/c1-2-21(7-8-22)15-13(17)14(19-10-20-15)18-9-11-5-3-4-6-12(11)16/h3-6,10,22H,2,7-9,17H2,1H3,(H,18,19,20). The van der Waals surface area contributed by atoms with E-state index in [0.717, 1.165) is 5.56 Å². The van der Waals surface area contributed by atoms with Crippen molar-refractivity contribution in [2.24, 2.45) is 0 Å². The minimum absolute atomic E-state index is 0.0413. The third-order valence-electron chi connectivity index (χ3n) is 3.32. The van der Waals surface area contributed by atoms with E-state index < -0.39 is 0 Å². The van der Waals surface area contributed by atoms with E-state index in [9.17, 15) is 0 Å². The third kappa shape index (κ3) is 3.78. The van der Waals surface area contributed by atoms with Gasteiger partial charge in [-0.3, -0.25) is 0 Å². The van der Waals surface area contributed by atoms with Gasteiger partial charge in [-0.05, 0) is 18.6 Å². The fraction of sp³-hybridized carbons (Fsp3) is 0.333. The molecule has 118 valence electrons. The Hall–Kier alpha value is -2.05. The number of rotatable bonds is 7. The fourth-order valence-corrected chi connectivity index (χ4v) is 2.34. The molecule has 0 aliphatic heterocycles. The van der Waals surface area contributed by atoms with Crippen molar-refractivity contribution in [2.75, 3.05) is 35.6 Å². The topological polar surface area (TPSA) is 87.3 Å². The summed E-state index contributed by atoms with van der Waals surface area (Å²) in [6.07, 6.45) is 1.46. The number of benzene rings is 1. The molecule has 7 heteroatoms. The molecule has 2 rings (SSSR count). The molecule has 0 bridgehead atoms. The Morgan fingerprint density at radius 1 is 1.32 bits per heavy atom. The lowest BCUT2D eigenvalue weighted by Gasteiger charge is -2.23. The molecule has 0 radical (unpaired) electrons. The monoisotopic (exact) mass is 321 g/mol. The highest BCUT2D eigenvalue weighted by molar-refractivity contribution is 6.31. The molecular formula is C15H20ClN5O. The van der Waals surface area contributed by atoms with Gasteiger partial charge in [-0.1, -0.05) is 29.8 Å². The van der Waals surface area contributed by atoms with E-state index in [1.54, 1.807) is 0 Å². The minimum Gasteiger partial charge on any atom is -0.395 e. The second-order valence-electron chi connectivity index (χ2n) is 4.71. The number of aliphatic hydroxyl groups excluding tert-OH is 1. The first-order chi connectivity index (χ1) is 10.7. The van der Waals surface area contributed by atoms with Gasteiger partial charge < -0.3 is 21.1 Å². The molecule has 0 saturated carbocycles. The van der Waals surface area contributed by atoms with Crippen molar-refractivity contribution in [3.05, 3.63) is 41.2 Å². The molecular weight excluding hydrogens is 302 g/mol. The molecule has 6 nitrogen and oxygen atoms in total. The van der Waals surface area contributed by atoms with Gasteiger partial charge in [0.15, 0.2) is 11.6 Å². The predicted octanol–water partition coefficient (Wildman–Crippen LogP) is 2.14. The van der Waals surface area contributed by atoms with Crippen LogP contribution in [0, 0.1) is 0 Å². The summed E-state index contributed by atoms with van der Waals surface area (Å²) >= 11 is 6.14. The highest BCUT2D eigenvalue weighted by atomic mass is 35.5. The van der Waals surface area contributed by atoms with Gasteiger partial charge in [-0.15, -0.1) is 0 Å². The van der Waals surface area contributed by atoms with Crippen LogP contribution in [0.5, 0.6) is 0 Å². The van der Waals surface area contributed by atoms with E-state index >= 15 is 0 Å². The average molecular weight is 322 g/mol. The van der Waals surface area contributed by atoms with Gasteiger partial charge in [-0.2, -0.15) is 0 Å². The van der Waals surface area contributed by atoms with Crippen LogP contribution in [0.4, 0.5) is 17.3 Å². The number of hydrogen-bond acceptors (Lipinski definition) is 6. The number of nitrogens with one attached hydrogen (secondary N) is 1. The fourth-order valence-electron chi connectivity index (χ4n) is 2.13. The minimum atomic E-state index is 0.0413. The zero-order valence-electron chi connectivity index (χ0n) is 12.5. The number of aromatic nitrogens is 2. The Morgan fingerprint density at radius 3 is 2.77 bits per heavy atom. The van der Waals surface area contributed by atoms with Crippen LogP contribution in [-0.2, 0) is 6.54 Å². The highest BCUT2D eigenvalue weighted by Crippen LogP contribution is 2.26. The summed E-state index contributed by atoms with van der Waals surface area (Å²) in [5.41, 5.74) is 7.58. The Bertz CT molecular complexity index is 623. The van der Waals surface area contributed by atoms with Crippen molar-refractivity contribution >= 4 is 28.9 Å². The van der Waals surface area contributed by atoms with Crippen LogP contribution in [0.15, 0.2) is 30.6 Å². The molecule has 0 spiro atoms. The molecule has 1 aromatic heterocycles. The lowest BCUT2D eigenvalue weighted by atomic mass is 10.2. The summed E-state index contributed by atoms with van der Waals surface area (Å²) in [5, 5.41) is 13.0. The van der Waals surface area contributed by atoms with E-state index in [-0.39, 0.29) is 6.61 Å². The van der Waals surface area contributed by atoms with Crippen molar-refractivity contribution in [1.29, 1.82) is 0 Å². The summed E-state index contributed by atoms with van der Waals surface area (Å²) in [7, 11) is 0. The van der Waals surface area contributed by atoms with Crippen LogP contribution >= 0.6 is 11.6 Å². The molecule has 22 heavy (non-hydrogen) atoms. The first-order valence-electron chi connectivity index (χ1n) is 7.11.